The highest BCUT2D eigenvalue weighted by Gasteiger charge is 2.44. The zero-order valence-electron chi connectivity index (χ0n) is 15.9. The number of hydrogen-bond acceptors (Lipinski definition) is 5. The molecule has 0 bridgehead atoms. The van der Waals surface area contributed by atoms with E-state index in [1.54, 1.807) is 0 Å². The maximum atomic E-state index is 12.8. The Bertz CT molecular complexity index is 1030. The average molecular weight is 416 g/mol. The van der Waals surface area contributed by atoms with Crippen LogP contribution in [0.15, 0.2) is 54.6 Å². The molecule has 1 saturated heterocycles. The molecule has 1 amide bonds. The zero-order chi connectivity index (χ0) is 21.4. The first-order chi connectivity index (χ1) is 14.3. The lowest BCUT2D eigenvalue weighted by Gasteiger charge is -2.26. The Kier molecular flexibility index (Phi) is 5.02. The highest BCUT2D eigenvalue weighted by molar-refractivity contribution is 5.87. The quantitative estimate of drug-likeness (QED) is 0.690. The van der Waals surface area contributed by atoms with Gasteiger partial charge in [-0.2, -0.15) is 17.9 Å². The van der Waals surface area contributed by atoms with Gasteiger partial charge in [0.15, 0.2) is 5.82 Å². The Labute approximate surface area is 170 Å². The van der Waals surface area contributed by atoms with Crippen molar-refractivity contribution in [2.75, 3.05) is 13.1 Å². The van der Waals surface area contributed by atoms with E-state index in [1.165, 1.54) is 16.8 Å². The molecular formula is C20H19F3N6O. The molecule has 0 aliphatic carbocycles. The number of alkyl halides is 3. The number of primary amides is 1. The Hall–Kier alpha value is -3.27. The summed E-state index contributed by atoms with van der Waals surface area (Å²) in [6.45, 7) is 1.35. The molecule has 4 rings (SSSR count). The summed E-state index contributed by atoms with van der Waals surface area (Å²) < 4.78 is 39.8. The standard InChI is InChI=1S/C20H19F3N6O/c21-20(22,23)15-6-8-16(9-7-15)29-17(25-26-27-29)12-28-11-10-19(13-28,18(24)30)14-4-2-1-3-5-14/h1-9H,10-13H2,(H2,24,30). The third-order valence-corrected chi connectivity index (χ3v) is 5.48. The van der Waals surface area contributed by atoms with E-state index in [0.29, 0.717) is 37.6 Å². The lowest BCUT2D eigenvalue weighted by atomic mass is 9.79. The van der Waals surface area contributed by atoms with Crippen LogP contribution >= 0.6 is 0 Å². The maximum Gasteiger partial charge on any atom is 0.416 e. The van der Waals surface area contributed by atoms with Gasteiger partial charge in [-0.1, -0.05) is 30.3 Å². The number of amides is 1. The number of halogens is 3. The second kappa shape index (κ2) is 7.52. The zero-order valence-corrected chi connectivity index (χ0v) is 15.9. The van der Waals surface area contributed by atoms with Crippen LogP contribution in [0.4, 0.5) is 13.2 Å². The van der Waals surface area contributed by atoms with Crippen molar-refractivity contribution in [2.24, 2.45) is 5.73 Å². The minimum absolute atomic E-state index is 0.329. The highest BCUT2D eigenvalue weighted by atomic mass is 19.4. The Morgan fingerprint density at radius 1 is 1.10 bits per heavy atom. The maximum absolute atomic E-state index is 12.8. The summed E-state index contributed by atoms with van der Waals surface area (Å²) in [5, 5.41) is 11.6. The fraction of sp³-hybridized carbons (Fsp3) is 0.300. The van der Waals surface area contributed by atoms with Crippen molar-refractivity contribution in [1.82, 2.24) is 25.1 Å². The molecule has 1 unspecified atom stereocenters. The van der Waals surface area contributed by atoms with Crippen molar-refractivity contribution in [2.45, 2.75) is 24.6 Å². The molecule has 1 aliphatic heterocycles. The second-order valence-electron chi connectivity index (χ2n) is 7.32. The molecule has 2 N–H and O–H groups in total. The van der Waals surface area contributed by atoms with Crippen molar-refractivity contribution in [3.63, 3.8) is 0 Å². The van der Waals surface area contributed by atoms with Crippen molar-refractivity contribution in [3.05, 3.63) is 71.5 Å². The molecule has 156 valence electrons. The number of hydrogen-bond donors (Lipinski definition) is 1. The predicted molar refractivity (Wildman–Crippen MR) is 101 cm³/mol. The summed E-state index contributed by atoms with van der Waals surface area (Å²) >= 11 is 0. The summed E-state index contributed by atoms with van der Waals surface area (Å²) in [5.74, 6) is 0.0709. The number of carbonyl (C=O) groups is 1. The normalized spacial score (nSPS) is 19.8. The van der Waals surface area contributed by atoms with E-state index in [4.69, 9.17) is 5.73 Å². The third-order valence-electron chi connectivity index (χ3n) is 5.48. The largest absolute Gasteiger partial charge is 0.416 e. The molecule has 1 aromatic heterocycles. The summed E-state index contributed by atoms with van der Waals surface area (Å²) in [6.07, 6.45) is -3.85. The van der Waals surface area contributed by atoms with Gasteiger partial charge in [0.05, 0.1) is 23.2 Å². The van der Waals surface area contributed by atoms with E-state index < -0.39 is 23.1 Å². The van der Waals surface area contributed by atoms with Gasteiger partial charge in [-0.05, 0) is 46.7 Å². The van der Waals surface area contributed by atoms with Gasteiger partial charge in [-0.25, -0.2) is 0 Å². The summed E-state index contributed by atoms with van der Waals surface area (Å²) in [7, 11) is 0. The molecule has 0 saturated carbocycles. The van der Waals surface area contributed by atoms with E-state index in [1.807, 2.05) is 35.2 Å². The monoisotopic (exact) mass is 416 g/mol. The molecule has 2 heterocycles. The highest BCUT2D eigenvalue weighted by Crippen LogP contribution is 2.35. The summed E-state index contributed by atoms with van der Waals surface area (Å²) in [4.78, 5) is 14.3. The van der Waals surface area contributed by atoms with Crippen LogP contribution in [0.25, 0.3) is 5.69 Å². The van der Waals surface area contributed by atoms with Crippen LogP contribution in [-0.2, 0) is 22.9 Å². The number of carbonyl (C=O) groups excluding carboxylic acids is 1. The fourth-order valence-electron chi connectivity index (χ4n) is 3.86. The molecule has 1 fully saturated rings. The number of nitrogens with zero attached hydrogens (tertiary/aromatic N) is 5. The average Bonchev–Trinajstić information content (AvgIpc) is 3.36. The number of aromatic nitrogens is 4. The van der Waals surface area contributed by atoms with Gasteiger partial charge in [-0.15, -0.1) is 5.10 Å². The van der Waals surface area contributed by atoms with Crippen molar-refractivity contribution in [1.29, 1.82) is 0 Å². The predicted octanol–water partition coefficient (Wildman–Crippen LogP) is 2.31. The van der Waals surface area contributed by atoms with E-state index >= 15 is 0 Å². The Morgan fingerprint density at radius 3 is 2.43 bits per heavy atom. The number of nitrogens with two attached hydrogens (primary N) is 1. The summed E-state index contributed by atoms with van der Waals surface area (Å²) in [6, 6.07) is 14.0. The van der Waals surface area contributed by atoms with Crippen LogP contribution in [-0.4, -0.2) is 44.1 Å². The van der Waals surface area contributed by atoms with Gasteiger partial charge < -0.3 is 5.73 Å². The second-order valence-corrected chi connectivity index (χ2v) is 7.32. The molecule has 30 heavy (non-hydrogen) atoms. The lowest BCUT2D eigenvalue weighted by molar-refractivity contribution is -0.137. The molecule has 0 radical (unpaired) electrons. The van der Waals surface area contributed by atoms with Crippen molar-refractivity contribution >= 4 is 5.91 Å². The topological polar surface area (TPSA) is 89.9 Å². The number of tetrazole rings is 1. The van der Waals surface area contributed by atoms with Gasteiger partial charge in [0.2, 0.25) is 5.91 Å². The van der Waals surface area contributed by atoms with Gasteiger partial charge in [0.25, 0.3) is 0 Å². The molecule has 3 aromatic rings. The van der Waals surface area contributed by atoms with E-state index in [2.05, 4.69) is 15.5 Å². The Morgan fingerprint density at radius 2 is 1.80 bits per heavy atom. The lowest BCUT2D eigenvalue weighted by Crippen LogP contribution is -2.43. The molecular weight excluding hydrogens is 397 g/mol. The molecule has 2 aromatic carbocycles. The van der Waals surface area contributed by atoms with Crippen LogP contribution in [0.5, 0.6) is 0 Å². The SMILES string of the molecule is NC(=O)C1(c2ccccc2)CCN(Cc2nnnn2-c2ccc(C(F)(F)F)cc2)C1. The third kappa shape index (κ3) is 3.65. The van der Waals surface area contributed by atoms with Crippen molar-refractivity contribution in [3.8, 4) is 5.69 Å². The van der Waals surface area contributed by atoms with Gasteiger partial charge in [0, 0.05) is 13.1 Å². The summed E-state index contributed by atoms with van der Waals surface area (Å²) in [5.41, 5.74) is 5.51. The van der Waals surface area contributed by atoms with E-state index in [-0.39, 0.29) is 0 Å². The van der Waals surface area contributed by atoms with E-state index in [9.17, 15) is 18.0 Å². The first-order valence-electron chi connectivity index (χ1n) is 9.32. The minimum atomic E-state index is -4.41. The van der Waals surface area contributed by atoms with Crippen molar-refractivity contribution < 1.29 is 18.0 Å². The number of likely N-dealkylation sites (tertiary alicyclic amines) is 1. The van der Waals surface area contributed by atoms with Gasteiger partial charge >= 0.3 is 6.18 Å². The molecule has 0 spiro atoms. The van der Waals surface area contributed by atoms with Crippen LogP contribution in [0.3, 0.4) is 0 Å². The van der Waals surface area contributed by atoms with Crippen LogP contribution in [0, 0.1) is 0 Å². The van der Waals surface area contributed by atoms with Gasteiger partial charge in [-0.3, -0.25) is 9.69 Å². The van der Waals surface area contributed by atoms with Gasteiger partial charge in [0.1, 0.15) is 0 Å². The van der Waals surface area contributed by atoms with E-state index in [0.717, 1.165) is 17.7 Å². The van der Waals surface area contributed by atoms with Crippen LogP contribution < -0.4 is 5.73 Å². The Balaban J connectivity index is 1.54. The molecule has 10 heteroatoms. The van der Waals surface area contributed by atoms with Crippen LogP contribution in [0.1, 0.15) is 23.4 Å². The first-order valence-corrected chi connectivity index (χ1v) is 9.32. The smallest absolute Gasteiger partial charge is 0.369 e. The number of rotatable bonds is 5. The fourth-order valence-corrected chi connectivity index (χ4v) is 3.86. The molecule has 1 aliphatic rings. The van der Waals surface area contributed by atoms with Crippen LogP contribution in [0.2, 0.25) is 0 Å². The number of benzene rings is 2. The molecule has 7 nitrogen and oxygen atoms in total. The molecule has 1 atom stereocenters. The first kappa shape index (κ1) is 20.0. The minimum Gasteiger partial charge on any atom is -0.369 e.